The van der Waals surface area contributed by atoms with Crippen LogP contribution in [-0.4, -0.2) is 4.98 Å². The summed E-state index contributed by atoms with van der Waals surface area (Å²) in [5, 5.41) is 16.7. The molecule has 5 aromatic carbocycles. The second-order valence-electron chi connectivity index (χ2n) is 7.75. The van der Waals surface area contributed by atoms with Crippen molar-refractivity contribution in [3.8, 4) is 28.5 Å². The molecule has 0 aliphatic rings. The van der Waals surface area contributed by atoms with Gasteiger partial charge in [0.25, 0.3) is 5.56 Å². The van der Waals surface area contributed by atoms with Gasteiger partial charge in [0.05, 0.1) is 0 Å². The average Bonchev–Trinajstić information content (AvgIpc) is 2.82. The first-order chi connectivity index (χ1) is 15.2. The van der Waals surface area contributed by atoms with Crippen LogP contribution in [0.4, 0.5) is 0 Å². The zero-order chi connectivity index (χ0) is 20.9. The lowest BCUT2D eigenvalue weighted by Gasteiger charge is -2.15. The lowest BCUT2D eigenvalue weighted by molar-refractivity contribution is 1.22. The Labute approximate surface area is 178 Å². The molecule has 0 amide bonds. The standard InChI is InChI=1S/C28H16N2O/c29-16-24-23(15-25(30-28(24)31)17-5-2-1-3-6-17)21-13-11-20-10-9-18-7-4-8-19-12-14-22(21)27(20)26(18)19/h1-15H,(H,30,31). The van der Waals surface area contributed by atoms with Gasteiger partial charge in [0, 0.05) is 11.3 Å². The number of hydrogen-bond acceptors (Lipinski definition) is 2. The van der Waals surface area contributed by atoms with E-state index in [4.69, 9.17) is 0 Å². The molecule has 31 heavy (non-hydrogen) atoms. The van der Waals surface area contributed by atoms with Crippen molar-refractivity contribution in [3.05, 3.63) is 107 Å². The van der Waals surface area contributed by atoms with Gasteiger partial charge in [0.2, 0.25) is 0 Å². The first-order valence-corrected chi connectivity index (χ1v) is 10.1. The largest absolute Gasteiger partial charge is 0.321 e. The fourth-order valence-electron chi connectivity index (χ4n) is 4.63. The molecule has 0 aliphatic carbocycles. The van der Waals surface area contributed by atoms with E-state index in [2.05, 4.69) is 59.6 Å². The summed E-state index contributed by atoms with van der Waals surface area (Å²) >= 11 is 0. The van der Waals surface area contributed by atoms with E-state index >= 15 is 0 Å². The van der Waals surface area contributed by atoms with Crippen LogP contribution in [-0.2, 0) is 0 Å². The zero-order valence-electron chi connectivity index (χ0n) is 16.5. The molecule has 0 saturated heterocycles. The molecule has 0 atom stereocenters. The highest BCUT2D eigenvalue weighted by Crippen LogP contribution is 2.40. The van der Waals surface area contributed by atoms with Crippen molar-refractivity contribution < 1.29 is 0 Å². The summed E-state index contributed by atoms with van der Waals surface area (Å²) in [6, 6.07) is 32.6. The molecule has 1 N–H and O–H groups in total. The van der Waals surface area contributed by atoms with Crippen molar-refractivity contribution in [1.82, 2.24) is 4.98 Å². The number of aromatic nitrogens is 1. The molecule has 1 heterocycles. The van der Waals surface area contributed by atoms with E-state index in [0.717, 1.165) is 21.9 Å². The Balaban J connectivity index is 1.74. The summed E-state index contributed by atoms with van der Waals surface area (Å²) in [6.07, 6.45) is 0. The van der Waals surface area contributed by atoms with E-state index in [1.807, 2.05) is 42.5 Å². The molecular formula is C28H16N2O. The molecule has 3 nitrogen and oxygen atoms in total. The van der Waals surface area contributed by atoms with Gasteiger partial charge in [-0.2, -0.15) is 5.26 Å². The third kappa shape index (κ3) is 2.56. The Morgan fingerprint density at radius 3 is 2.10 bits per heavy atom. The van der Waals surface area contributed by atoms with Crippen LogP contribution in [0.5, 0.6) is 0 Å². The van der Waals surface area contributed by atoms with Crippen molar-refractivity contribution >= 4 is 32.3 Å². The third-order valence-corrected chi connectivity index (χ3v) is 6.05. The van der Waals surface area contributed by atoms with Crippen LogP contribution in [0.3, 0.4) is 0 Å². The Morgan fingerprint density at radius 2 is 1.35 bits per heavy atom. The maximum atomic E-state index is 12.8. The predicted octanol–water partition coefficient (Wildman–Crippen LogP) is 6.48. The topological polar surface area (TPSA) is 56.6 Å². The highest BCUT2D eigenvalue weighted by molar-refractivity contribution is 6.25. The van der Waals surface area contributed by atoms with Crippen molar-refractivity contribution in [2.45, 2.75) is 0 Å². The molecule has 0 saturated carbocycles. The number of aromatic amines is 1. The molecular weight excluding hydrogens is 380 g/mol. The quantitative estimate of drug-likeness (QED) is 0.341. The van der Waals surface area contributed by atoms with Crippen molar-refractivity contribution in [3.63, 3.8) is 0 Å². The molecule has 1 aromatic heterocycles. The van der Waals surface area contributed by atoms with Crippen molar-refractivity contribution in [2.75, 3.05) is 0 Å². The number of hydrogen-bond donors (Lipinski definition) is 1. The second kappa shape index (κ2) is 6.55. The molecule has 0 spiro atoms. The minimum atomic E-state index is -0.371. The molecule has 0 fully saturated rings. The Bertz CT molecular complexity index is 1690. The van der Waals surface area contributed by atoms with Crippen molar-refractivity contribution in [1.29, 1.82) is 5.26 Å². The van der Waals surface area contributed by atoms with E-state index in [0.29, 0.717) is 11.3 Å². The number of benzene rings is 5. The van der Waals surface area contributed by atoms with Crippen LogP contribution in [0.25, 0.3) is 54.7 Å². The molecule has 3 heteroatoms. The maximum absolute atomic E-state index is 12.8. The van der Waals surface area contributed by atoms with E-state index < -0.39 is 0 Å². The minimum absolute atomic E-state index is 0.134. The zero-order valence-corrected chi connectivity index (χ0v) is 16.5. The summed E-state index contributed by atoms with van der Waals surface area (Å²) in [6.45, 7) is 0. The van der Waals surface area contributed by atoms with Crippen LogP contribution in [0.15, 0.2) is 95.8 Å². The number of rotatable bonds is 2. The number of H-pyrrole nitrogens is 1. The highest BCUT2D eigenvalue weighted by atomic mass is 16.1. The lowest BCUT2D eigenvalue weighted by Crippen LogP contribution is -2.12. The van der Waals surface area contributed by atoms with Gasteiger partial charge in [-0.05, 0) is 49.5 Å². The van der Waals surface area contributed by atoms with Gasteiger partial charge in [0.1, 0.15) is 11.6 Å². The smallest absolute Gasteiger partial charge is 0.266 e. The number of nitrogens with one attached hydrogen (secondary N) is 1. The van der Waals surface area contributed by atoms with E-state index in [1.165, 1.54) is 21.5 Å². The second-order valence-corrected chi connectivity index (χ2v) is 7.75. The monoisotopic (exact) mass is 396 g/mol. The van der Waals surface area contributed by atoms with Gasteiger partial charge >= 0.3 is 0 Å². The van der Waals surface area contributed by atoms with Crippen molar-refractivity contribution in [2.24, 2.45) is 0 Å². The predicted molar refractivity (Wildman–Crippen MR) is 126 cm³/mol. The molecule has 0 unspecified atom stereocenters. The van der Waals surface area contributed by atoms with Gasteiger partial charge in [-0.1, -0.05) is 84.9 Å². The summed E-state index contributed by atoms with van der Waals surface area (Å²) in [7, 11) is 0. The van der Waals surface area contributed by atoms with E-state index in [1.54, 1.807) is 0 Å². The van der Waals surface area contributed by atoms with E-state index in [9.17, 15) is 10.1 Å². The fourth-order valence-corrected chi connectivity index (χ4v) is 4.63. The average molecular weight is 396 g/mol. The normalized spacial score (nSPS) is 11.3. The number of nitrogens with zero attached hydrogens (tertiary/aromatic N) is 1. The Morgan fingerprint density at radius 1 is 0.677 bits per heavy atom. The van der Waals surface area contributed by atoms with Crippen LogP contribution < -0.4 is 5.56 Å². The Kier molecular flexibility index (Phi) is 3.68. The number of pyridine rings is 1. The SMILES string of the molecule is N#Cc1c(-c2ccc3ccc4cccc5ccc2c3c45)cc(-c2ccccc2)[nH]c1=O. The van der Waals surface area contributed by atoms with Crippen LogP contribution >= 0.6 is 0 Å². The fraction of sp³-hybridized carbons (Fsp3) is 0. The Hall–Kier alpha value is -4.42. The summed E-state index contributed by atoms with van der Waals surface area (Å²) in [5.74, 6) is 0. The van der Waals surface area contributed by atoms with Crippen LogP contribution in [0.2, 0.25) is 0 Å². The van der Waals surface area contributed by atoms with Gasteiger partial charge in [-0.25, -0.2) is 0 Å². The lowest BCUT2D eigenvalue weighted by atomic mass is 9.88. The van der Waals surface area contributed by atoms with Gasteiger partial charge < -0.3 is 4.98 Å². The molecule has 6 rings (SSSR count). The van der Waals surface area contributed by atoms with Crippen LogP contribution in [0.1, 0.15) is 5.56 Å². The van der Waals surface area contributed by atoms with Crippen LogP contribution in [0, 0.1) is 11.3 Å². The summed E-state index contributed by atoms with van der Waals surface area (Å²) in [4.78, 5) is 15.7. The molecule has 144 valence electrons. The van der Waals surface area contributed by atoms with E-state index in [-0.39, 0.29) is 11.1 Å². The minimum Gasteiger partial charge on any atom is -0.321 e. The highest BCUT2D eigenvalue weighted by Gasteiger charge is 2.17. The molecule has 0 radical (unpaired) electrons. The van der Waals surface area contributed by atoms with Gasteiger partial charge in [-0.15, -0.1) is 0 Å². The first kappa shape index (κ1) is 17.4. The third-order valence-electron chi connectivity index (χ3n) is 6.05. The first-order valence-electron chi connectivity index (χ1n) is 10.1. The maximum Gasteiger partial charge on any atom is 0.266 e. The molecule has 0 aliphatic heterocycles. The summed E-state index contributed by atoms with van der Waals surface area (Å²) < 4.78 is 0. The summed E-state index contributed by atoms with van der Waals surface area (Å²) in [5.41, 5.74) is 2.92. The number of nitriles is 1. The molecule has 0 bridgehead atoms. The van der Waals surface area contributed by atoms with Gasteiger partial charge in [0.15, 0.2) is 0 Å². The molecule has 6 aromatic rings. The van der Waals surface area contributed by atoms with Gasteiger partial charge in [-0.3, -0.25) is 4.79 Å².